The van der Waals surface area contributed by atoms with E-state index in [0.717, 1.165) is 6.42 Å². The fourth-order valence-corrected chi connectivity index (χ4v) is 4.28. The van der Waals surface area contributed by atoms with Crippen molar-refractivity contribution in [3.8, 4) is 11.4 Å². The van der Waals surface area contributed by atoms with Crippen molar-refractivity contribution in [3.05, 3.63) is 58.8 Å². The summed E-state index contributed by atoms with van der Waals surface area (Å²) in [6.07, 6.45) is 6.69. The van der Waals surface area contributed by atoms with Crippen molar-refractivity contribution in [1.82, 2.24) is 14.5 Å². The van der Waals surface area contributed by atoms with Crippen LogP contribution >= 0.6 is 22.9 Å². The van der Waals surface area contributed by atoms with E-state index in [2.05, 4.69) is 10.3 Å². The van der Waals surface area contributed by atoms with Gasteiger partial charge in [-0.15, -0.1) is 11.3 Å². The zero-order valence-corrected chi connectivity index (χ0v) is 17.2. The van der Waals surface area contributed by atoms with Crippen LogP contribution in [0.2, 0.25) is 5.02 Å². The second kappa shape index (κ2) is 8.26. The van der Waals surface area contributed by atoms with E-state index in [1.807, 2.05) is 29.1 Å². The topological polar surface area (TPSA) is 76.5 Å². The molecule has 29 heavy (non-hydrogen) atoms. The minimum Gasteiger partial charge on any atom is -0.496 e. The fraction of sp³-hybridized carbons (Fsp3) is 0.250. The highest BCUT2D eigenvalue weighted by atomic mass is 35.5. The van der Waals surface area contributed by atoms with Gasteiger partial charge in [0.05, 0.1) is 23.4 Å². The number of carbonyl (C=O) groups excluding carboxylic acids is 2. The van der Waals surface area contributed by atoms with Gasteiger partial charge in [-0.3, -0.25) is 9.59 Å². The smallest absolute Gasteiger partial charge is 0.258 e. The number of nitrogens with zero attached hydrogens (tertiary/aromatic N) is 3. The minimum absolute atomic E-state index is 0.236. The van der Waals surface area contributed by atoms with Gasteiger partial charge in [0.2, 0.25) is 5.91 Å². The van der Waals surface area contributed by atoms with Gasteiger partial charge < -0.3 is 19.5 Å². The Balaban J connectivity index is 1.61. The molecule has 1 atom stereocenters. The zero-order chi connectivity index (χ0) is 20.4. The monoisotopic (exact) mass is 430 g/mol. The number of thiazole rings is 1. The summed E-state index contributed by atoms with van der Waals surface area (Å²) in [6.45, 7) is 0.495. The van der Waals surface area contributed by atoms with Crippen LogP contribution in [0.1, 0.15) is 23.2 Å². The number of carbonyl (C=O) groups is 2. The molecule has 3 heterocycles. The van der Waals surface area contributed by atoms with E-state index in [4.69, 9.17) is 16.3 Å². The van der Waals surface area contributed by atoms with Gasteiger partial charge in [0.25, 0.3) is 5.91 Å². The number of amides is 2. The number of aromatic nitrogens is 2. The van der Waals surface area contributed by atoms with Crippen LogP contribution in [-0.2, 0) is 4.79 Å². The van der Waals surface area contributed by atoms with Crippen LogP contribution in [-0.4, -0.2) is 46.0 Å². The summed E-state index contributed by atoms with van der Waals surface area (Å²) in [6, 6.07) is 6.55. The van der Waals surface area contributed by atoms with Crippen LogP contribution in [0, 0.1) is 0 Å². The second-order valence-corrected chi connectivity index (χ2v) is 7.88. The molecular formula is C20H19ClN4O3S. The lowest BCUT2D eigenvalue weighted by molar-refractivity contribution is -0.119. The van der Waals surface area contributed by atoms with Crippen molar-refractivity contribution in [1.29, 1.82) is 0 Å². The molecule has 1 N–H and O–H groups in total. The van der Waals surface area contributed by atoms with Crippen molar-refractivity contribution in [2.75, 3.05) is 19.0 Å². The van der Waals surface area contributed by atoms with Gasteiger partial charge in [0, 0.05) is 36.6 Å². The van der Waals surface area contributed by atoms with E-state index in [-0.39, 0.29) is 11.8 Å². The highest BCUT2D eigenvalue weighted by molar-refractivity contribution is 7.13. The number of hydrogen-bond donors (Lipinski definition) is 1. The number of likely N-dealkylation sites (tertiary alicyclic amines) is 1. The maximum absolute atomic E-state index is 13.3. The summed E-state index contributed by atoms with van der Waals surface area (Å²) >= 11 is 7.80. The van der Waals surface area contributed by atoms with Crippen molar-refractivity contribution >= 4 is 39.9 Å². The number of anilines is 1. The first-order valence-electron chi connectivity index (χ1n) is 9.10. The fourth-order valence-electron chi connectivity index (χ4n) is 3.48. The lowest BCUT2D eigenvalue weighted by atomic mass is 10.1. The molecule has 0 aliphatic carbocycles. The first kappa shape index (κ1) is 19.5. The SMILES string of the molecule is COc1cc(-n2cccc2)c(Cl)cc1C(=O)N1CCCC1C(=O)Nc1nccs1. The van der Waals surface area contributed by atoms with Gasteiger partial charge in [-0.2, -0.15) is 0 Å². The predicted molar refractivity (Wildman–Crippen MR) is 112 cm³/mol. The van der Waals surface area contributed by atoms with Crippen LogP contribution in [0.25, 0.3) is 5.69 Å². The predicted octanol–water partition coefficient (Wildman–Crippen LogP) is 3.84. The van der Waals surface area contributed by atoms with Crippen molar-refractivity contribution < 1.29 is 14.3 Å². The minimum atomic E-state index is -0.556. The molecule has 0 radical (unpaired) electrons. The number of halogens is 1. The van der Waals surface area contributed by atoms with E-state index < -0.39 is 6.04 Å². The summed E-state index contributed by atoms with van der Waals surface area (Å²) in [7, 11) is 1.51. The lowest BCUT2D eigenvalue weighted by Gasteiger charge is -2.25. The van der Waals surface area contributed by atoms with Gasteiger partial charge in [0.15, 0.2) is 5.13 Å². The molecule has 9 heteroatoms. The molecule has 4 rings (SSSR count). The van der Waals surface area contributed by atoms with Crippen molar-refractivity contribution in [2.45, 2.75) is 18.9 Å². The molecule has 1 aliphatic rings. The average molecular weight is 431 g/mol. The molecule has 1 aliphatic heterocycles. The quantitative estimate of drug-likeness (QED) is 0.667. The number of benzene rings is 1. The number of methoxy groups -OCH3 is 1. The van der Waals surface area contributed by atoms with Crippen LogP contribution in [0.3, 0.4) is 0 Å². The lowest BCUT2D eigenvalue weighted by Crippen LogP contribution is -2.43. The highest BCUT2D eigenvalue weighted by Crippen LogP contribution is 2.32. The number of ether oxygens (including phenoxy) is 1. The standard InChI is InChI=1S/C20H19ClN4O3S/c1-28-17-12-16(24-7-2-3-8-24)14(21)11-13(17)19(27)25-9-4-5-15(25)18(26)23-20-22-6-10-29-20/h2-3,6-8,10-12,15H,4-5,9H2,1H3,(H,22,23,26). The number of rotatable bonds is 5. The van der Waals surface area contributed by atoms with Crippen molar-refractivity contribution in [2.24, 2.45) is 0 Å². The molecule has 1 unspecified atom stereocenters. The van der Waals surface area contributed by atoms with Crippen LogP contribution in [0.4, 0.5) is 5.13 Å². The summed E-state index contributed by atoms with van der Waals surface area (Å²) in [5, 5.41) is 5.51. The van der Waals surface area contributed by atoms with E-state index in [1.165, 1.54) is 18.4 Å². The van der Waals surface area contributed by atoms with Crippen molar-refractivity contribution in [3.63, 3.8) is 0 Å². The molecule has 1 aromatic carbocycles. The normalized spacial score (nSPS) is 16.1. The molecule has 0 saturated carbocycles. The number of hydrogen-bond acceptors (Lipinski definition) is 5. The largest absolute Gasteiger partial charge is 0.496 e. The molecule has 150 valence electrons. The third-order valence-corrected chi connectivity index (χ3v) is 5.85. The third-order valence-electron chi connectivity index (χ3n) is 4.86. The van der Waals surface area contributed by atoms with E-state index in [1.54, 1.807) is 28.6 Å². The van der Waals surface area contributed by atoms with E-state index in [0.29, 0.717) is 40.1 Å². The Labute approximate surface area is 176 Å². The maximum atomic E-state index is 13.3. The van der Waals surface area contributed by atoms with Gasteiger partial charge in [-0.05, 0) is 31.0 Å². The Morgan fingerprint density at radius 1 is 1.31 bits per heavy atom. The molecule has 7 nitrogen and oxygen atoms in total. The summed E-state index contributed by atoms with van der Waals surface area (Å²) < 4.78 is 7.32. The van der Waals surface area contributed by atoms with Crippen LogP contribution in [0.5, 0.6) is 5.75 Å². The average Bonchev–Trinajstić information content (AvgIpc) is 3.49. The summed E-state index contributed by atoms with van der Waals surface area (Å²) in [4.78, 5) is 31.6. The Hall–Kier alpha value is -2.84. The van der Waals surface area contributed by atoms with Gasteiger partial charge in [0.1, 0.15) is 11.8 Å². The Kier molecular flexibility index (Phi) is 5.55. The highest BCUT2D eigenvalue weighted by Gasteiger charge is 2.36. The second-order valence-electron chi connectivity index (χ2n) is 6.58. The summed E-state index contributed by atoms with van der Waals surface area (Å²) in [5.41, 5.74) is 1.05. The molecule has 1 saturated heterocycles. The molecule has 2 amide bonds. The van der Waals surface area contributed by atoms with Gasteiger partial charge in [-0.25, -0.2) is 4.98 Å². The Morgan fingerprint density at radius 3 is 2.79 bits per heavy atom. The Morgan fingerprint density at radius 2 is 2.10 bits per heavy atom. The van der Waals surface area contributed by atoms with Gasteiger partial charge >= 0.3 is 0 Å². The number of nitrogens with one attached hydrogen (secondary N) is 1. The molecule has 0 bridgehead atoms. The molecule has 3 aromatic rings. The van der Waals surface area contributed by atoms with Crippen LogP contribution in [0.15, 0.2) is 48.2 Å². The summed E-state index contributed by atoms with van der Waals surface area (Å²) in [5.74, 6) is -0.103. The molecular weight excluding hydrogens is 412 g/mol. The zero-order valence-electron chi connectivity index (χ0n) is 15.7. The van der Waals surface area contributed by atoms with Gasteiger partial charge in [-0.1, -0.05) is 11.6 Å². The van der Waals surface area contributed by atoms with E-state index >= 15 is 0 Å². The maximum Gasteiger partial charge on any atom is 0.258 e. The van der Waals surface area contributed by atoms with Crippen LogP contribution < -0.4 is 10.1 Å². The third kappa shape index (κ3) is 3.86. The first-order chi connectivity index (χ1) is 14.1. The molecule has 1 fully saturated rings. The molecule has 2 aromatic heterocycles. The Bertz CT molecular complexity index is 1020. The first-order valence-corrected chi connectivity index (χ1v) is 10.4. The van der Waals surface area contributed by atoms with E-state index in [9.17, 15) is 9.59 Å². The molecule has 0 spiro atoms.